The van der Waals surface area contributed by atoms with E-state index in [2.05, 4.69) is 51.0 Å². The van der Waals surface area contributed by atoms with Gasteiger partial charge in [0.15, 0.2) is 0 Å². The Kier molecular flexibility index (Phi) is 9.64. The van der Waals surface area contributed by atoms with E-state index >= 15 is 0 Å². The molecule has 1 rings (SSSR count). The first-order valence-electron chi connectivity index (χ1n) is 7.21. The van der Waals surface area contributed by atoms with Crippen LogP contribution < -0.4 is 10.5 Å². The molecule has 1 unspecified atom stereocenters. The van der Waals surface area contributed by atoms with Crippen molar-refractivity contribution in [1.29, 1.82) is 0 Å². The molecule has 0 amide bonds. The molecule has 0 aliphatic heterocycles. The van der Waals surface area contributed by atoms with Crippen LogP contribution in [0.25, 0.3) is 0 Å². The third kappa shape index (κ3) is 6.60. The van der Waals surface area contributed by atoms with Crippen molar-refractivity contribution in [2.45, 2.75) is 45.7 Å². The van der Waals surface area contributed by atoms with Crippen molar-refractivity contribution in [1.82, 2.24) is 4.90 Å². The van der Waals surface area contributed by atoms with Crippen molar-refractivity contribution < 1.29 is 4.74 Å². The summed E-state index contributed by atoms with van der Waals surface area (Å²) in [6.45, 7) is 5.96. The molecule has 0 aromatic heterocycles. The first-order valence-corrected chi connectivity index (χ1v) is 7.21. The number of hydrogen-bond donors (Lipinski definition) is 1. The maximum Gasteiger partial charge on any atom is 0.122 e. The molecule has 1 aromatic rings. The molecule has 1 atom stereocenters. The van der Waals surface area contributed by atoms with Crippen molar-refractivity contribution in [3.05, 3.63) is 29.3 Å². The van der Waals surface area contributed by atoms with E-state index in [1.807, 2.05) is 0 Å². The molecule has 0 saturated heterocycles. The molecule has 3 nitrogen and oxygen atoms in total. The van der Waals surface area contributed by atoms with E-state index in [1.54, 1.807) is 0 Å². The van der Waals surface area contributed by atoms with Gasteiger partial charge in [-0.15, -0.1) is 12.4 Å². The lowest BCUT2D eigenvalue weighted by Gasteiger charge is -2.17. The number of hydrogen-bond acceptors (Lipinski definition) is 3. The molecule has 20 heavy (non-hydrogen) atoms. The zero-order valence-corrected chi connectivity index (χ0v) is 14.0. The second kappa shape index (κ2) is 10.0. The molecule has 0 saturated carbocycles. The predicted octanol–water partition coefficient (Wildman–Crippen LogP) is 3.24. The lowest BCUT2D eigenvalue weighted by molar-refractivity contribution is 0.313. The van der Waals surface area contributed by atoms with Crippen LogP contribution in [0.15, 0.2) is 18.2 Å². The summed E-state index contributed by atoms with van der Waals surface area (Å²) in [7, 11) is 4.16. The number of nitrogens with two attached hydrogens (primary N) is 1. The smallest absolute Gasteiger partial charge is 0.122 e. The minimum absolute atomic E-state index is 0. The van der Waals surface area contributed by atoms with Gasteiger partial charge in [-0.1, -0.05) is 26.0 Å². The average molecular weight is 301 g/mol. The number of rotatable bonds is 8. The van der Waals surface area contributed by atoms with Crippen LogP contribution >= 0.6 is 12.4 Å². The van der Waals surface area contributed by atoms with Gasteiger partial charge >= 0.3 is 0 Å². The number of ether oxygens (including phenoxy) is 1. The summed E-state index contributed by atoms with van der Waals surface area (Å²) in [4.78, 5) is 2.17. The lowest BCUT2D eigenvalue weighted by atomic mass is 10.0. The van der Waals surface area contributed by atoms with Gasteiger partial charge in [-0.2, -0.15) is 0 Å². The molecular formula is C16H29ClN2O. The summed E-state index contributed by atoms with van der Waals surface area (Å²) < 4.78 is 5.82. The van der Waals surface area contributed by atoms with Gasteiger partial charge in [-0.25, -0.2) is 0 Å². The number of nitrogens with zero attached hydrogens (tertiary/aromatic N) is 1. The van der Waals surface area contributed by atoms with Crippen LogP contribution in [0.4, 0.5) is 0 Å². The van der Waals surface area contributed by atoms with Gasteiger partial charge in [0.1, 0.15) is 5.75 Å². The molecule has 2 N–H and O–H groups in total. The molecule has 0 bridgehead atoms. The quantitative estimate of drug-likeness (QED) is 0.801. The highest BCUT2D eigenvalue weighted by Crippen LogP contribution is 2.23. The fourth-order valence-corrected chi connectivity index (χ4v) is 2.04. The van der Waals surface area contributed by atoms with Gasteiger partial charge < -0.3 is 15.4 Å². The van der Waals surface area contributed by atoms with Gasteiger partial charge in [0.2, 0.25) is 0 Å². The Balaban J connectivity index is 0.00000361. The summed E-state index contributed by atoms with van der Waals surface area (Å²) in [5.74, 6) is 0.994. The summed E-state index contributed by atoms with van der Waals surface area (Å²) in [5, 5.41) is 0. The summed E-state index contributed by atoms with van der Waals surface area (Å²) in [6, 6.07) is 6.68. The van der Waals surface area contributed by atoms with Crippen molar-refractivity contribution >= 4 is 12.4 Å². The minimum atomic E-state index is 0. The minimum Gasteiger partial charge on any atom is -0.493 e. The van der Waals surface area contributed by atoms with Gasteiger partial charge in [0, 0.05) is 12.6 Å². The summed E-state index contributed by atoms with van der Waals surface area (Å²) in [6.07, 6.45) is 2.90. The highest BCUT2D eigenvalue weighted by atomic mass is 35.5. The maximum atomic E-state index is 6.09. The van der Waals surface area contributed by atoms with E-state index in [-0.39, 0.29) is 18.4 Å². The Bertz CT molecular complexity index is 383. The maximum absolute atomic E-state index is 6.09. The van der Waals surface area contributed by atoms with E-state index in [4.69, 9.17) is 10.5 Å². The number of halogens is 1. The van der Waals surface area contributed by atoms with E-state index in [0.717, 1.165) is 38.2 Å². The predicted molar refractivity (Wildman–Crippen MR) is 88.8 cm³/mol. The molecule has 1 aromatic carbocycles. The van der Waals surface area contributed by atoms with Crippen molar-refractivity contribution in [2.75, 3.05) is 20.7 Å². The molecule has 4 heteroatoms. The molecule has 116 valence electrons. The van der Waals surface area contributed by atoms with Crippen molar-refractivity contribution in [3.63, 3.8) is 0 Å². The highest BCUT2D eigenvalue weighted by Gasteiger charge is 2.09. The number of benzene rings is 1. The topological polar surface area (TPSA) is 38.5 Å². The Hall–Kier alpha value is -0.770. The van der Waals surface area contributed by atoms with Gasteiger partial charge in [-0.05, 0) is 50.6 Å². The molecule has 0 aliphatic carbocycles. The lowest BCUT2D eigenvalue weighted by Crippen LogP contribution is -2.22. The molecule has 0 spiro atoms. The molecular weight excluding hydrogens is 272 g/mol. The van der Waals surface area contributed by atoms with E-state index in [9.17, 15) is 0 Å². The SMILES string of the molecule is CCCOc1ccc(CN(C)C)cc1CC(N)CC.Cl. The van der Waals surface area contributed by atoms with Crippen LogP contribution in [0.3, 0.4) is 0 Å². The van der Waals surface area contributed by atoms with Crippen LogP contribution in [0.5, 0.6) is 5.75 Å². The molecule has 0 heterocycles. The normalized spacial score (nSPS) is 12.1. The fraction of sp³-hybridized carbons (Fsp3) is 0.625. The zero-order chi connectivity index (χ0) is 14.3. The first kappa shape index (κ1) is 19.2. The summed E-state index contributed by atoms with van der Waals surface area (Å²) in [5.41, 5.74) is 8.64. The van der Waals surface area contributed by atoms with E-state index in [0.29, 0.717) is 0 Å². The van der Waals surface area contributed by atoms with E-state index in [1.165, 1.54) is 11.1 Å². The monoisotopic (exact) mass is 300 g/mol. The molecule has 0 fully saturated rings. The Morgan fingerprint density at radius 1 is 1.25 bits per heavy atom. The zero-order valence-electron chi connectivity index (χ0n) is 13.2. The van der Waals surface area contributed by atoms with Gasteiger partial charge in [0.25, 0.3) is 0 Å². The first-order chi connectivity index (χ1) is 9.06. The third-order valence-electron chi connectivity index (χ3n) is 3.09. The second-order valence-corrected chi connectivity index (χ2v) is 5.40. The standard InChI is InChI=1S/C16H28N2O.ClH/c1-5-9-19-16-8-7-13(12-18(3)4)10-14(16)11-15(17)6-2;/h7-8,10,15H,5-6,9,11-12,17H2,1-4H3;1H. The van der Waals surface area contributed by atoms with Crippen LogP contribution in [-0.4, -0.2) is 31.6 Å². The van der Waals surface area contributed by atoms with Crippen LogP contribution in [-0.2, 0) is 13.0 Å². The van der Waals surface area contributed by atoms with Crippen molar-refractivity contribution in [2.24, 2.45) is 5.73 Å². The Morgan fingerprint density at radius 2 is 1.95 bits per heavy atom. The van der Waals surface area contributed by atoms with E-state index < -0.39 is 0 Å². The average Bonchev–Trinajstić information content (AvgIpc) is 2.37. The third-order valence-corrected chi connectivity index (χ3v) is 3.09. The van der Waals surface area contributed by atoms with Crippen LogP contribution in [0.2, 0.25) is 0 Å². The highest BCUT2D eigenvalue weighted by molar-refractivity contribution is 5.85. The second-order valence-electron chi connectivity index (χ2n) is 5.40. The Labute approximate surface area is 129 Å². The fourth-order valence-electron chi connectivity index (χ4n) is 2.04. The van der Waals surface area contributed by atoms with Gasteiger partial charge in [0.05, 0.1) is 6.61 Å². The Morgan fingerprint density at radius 3 is 2.50 bits per heavy atom. The van der Waals surface area contributed by atoms with Crippen LogP contribution in [0.1, 0.15) is 37.8 Å². The molecule has 0 radical (unpaired) electrons. The van der Waals surface area contributed by atoms with Crippen molar-refractivity contribution in [3.8, 4) is 5.75 Å². The largest absolute Gasteiger partial charge is 0.493 e. The van der Waals surface area contributed by atoms with Gasteiger partial charge in [-0.3, -0.25) is 0 Å². The summed E-state index contributed by atoms with van der Waals surface area (Å²) >= 11 is 0. The molecule has 0 aliphatic rings. The van der Waals surface area contributed by atoms with Crippen LogP contribution in [0, 0.1) is 0 Å².